The van der Waals surface area contributed by atoms with Crippen LogP contribution in [-0.4, -0.2) is 28.5 Å². The quantitative estimate of drug-likeness (QED) is 0.548. The van der Waals surface area contributed by atoms with Crippen LogP contribution in [0.5, 0.6) is 0 Å². The molecule has 0 radical (unpaired) electrons. The van der Waals surface area contributed by atoms with E-state index in [-0.39, 0.29) is 0 Å². The summed E-state index contributed by atoms with van der Waals surface area (Å²) < 4.78 is 0.308. The van der Waals surface area contributed by atoms with Gasteiger partial charge in [0.2, 0.25) is 0 Å². The molecule has 0 aromatic rings. The molecule has 0 rings (SSSR count). The summed E-state index contributed by atoms with van der Waals surface area (Å²) in [5.41, 5.74) is 11.5. The van der Waals surface area contributed by atoms with E-state index in [1.165, 1.54) is 12.8 Å². The summed E-state index contributed by atoms with van der Waals surface area (Å²) >= 11 is 2.03. The van der Waals surface area contributed by atoms with Crippen molar-refractivity contribution in [2.45, 2.75) is 49.8 Å². The molecular formula is C8H19LiN2. The summed E-state index contributed by atoms with van der Waals surface area (Å²) in [6.07, 6.45) is 5.79. The Kier molecular flexibility index (Phi) is 7.52. The van der Waals surface area contributed by atoms with Gasteiger partial charge in [-0.15, -0.1) is 0 Å². The van der Waals surface area contributed by atoms with E-state index in [0.717, 1.165) is 19.3 Å². The Labute approximate surface area is 79.3 Å². The second kappa shape index (κ2) is 7.18. The third kappa shape index (κ3) is 8.42. The van der Waals surface area contributed by atoms with E-state index in [1.54, 1.807) is 0 Å². The van der Waals surface area contributed by atoms with E-state index in [4.69, 9.17) is 11.5 Å². The summed E-state index contributed by atoms with van der Waals surface area (Å²) in [6.45, 7) is 2.19. The van der Waals surface area contributed by atoms with E-state index in [1.807, 2.05) is 17.7 Å². The van der Waals surface area contributed by atoms with E-state index in [9.17, 15) is 0 Å². The van der Waals surface area contributed by atoms with Crippen LogP contribution < -0.4 is 11.5 Å². The molecule has 62 valence electrons. The molecule has 0 aromatic carbocycles. The first-order chi connectivity index (χ1) is 5.16. The third-order valence-corrected chi connectivity index (χ3v) is 1.92. The second-order valence-electron chi connectivity index (χ2n) is 3.46. The molecule has 11 heavy (non-hydrogen) atoms. The van der Waals surface area contributed by atoms with Crippen LogP contribution in [0.1, 0.15) is 39.0 Å². The fraction of sp³-hybridized carbons (Fsp3) is 1.00. The molecule has 0 aromatic heterocycles. The molecule has 0 saturated carbocycles. The van der Waals surface area contributed by atoms with Crippen molar-refractivity contribution >= 4 is 17.7 Å². The van der Waals surface area contributed by atoms with Crippen LogP contribution >= 0.6 is 0 Å². The molecule has 2 nitrogen and oxygen atoms in total. The maximum absolute atomic E-state index is 5.85. The van der Waals surface area contributed by atoms with Gasteiger partial charge in [0.05, 0.1) is 0 Å². The summed E-state index contributed by atoms with van der Waals surface area (Å²) in [5.74, 6) is 0. The Morgan fingerprint density at radius 2 is 1.82 bits per heavy atom. The van der Waals surface area contributed by atoms with Gasteiger partial charge in [-0.05, 0) is 0 Å². The Hall–Kier alpha value is 0.517. The molecule has 0 amide bonds. The van der Waals surface area contributed by atoms with E-state index >= 15 is 0 Å². The number of unbranched alkanes of at least 4 members (excludes halogenated alkanes) is 1. The molecule has 0 fully saturated rings. The average Bonchev–Trinajstić information content (AvgIpc) is 1.97. The molecule has 0 aliphatic heterocycles. The van der Waals surface area contributed by atoms with Crippen molar-refractivity contribution in [1.82, 2.24) is 0 Å². The molecule has 2 atom stereocenters. The molecule has 0 heterocycles. The molecule has 3 heteroatoms. The summed E-state index contributed by atoms with van der Waals surface area (Å²) in [6, 6.07) is 0.376. The van der Waals surface area contributed by atoms with Gasteiger partial charge in [0.15, 0.2) is 0 Å². The fourth-order valence-electron chi connectivity index (χ4n) is 1.09. The monoisotopic (exact) mass is 150 g/mol. The van der Waals surface area contributed by atoms with Crippen molar-refractivity contribution in [2.75, 3.05) is 0 Å². The topological polar surface area (TPSA) is 52.0 Å². The molecule has 0 aliphatic carbocycles. The first kappa shape index (κ1) is 11.5. The Balaban J connectivity index is 3.15. The van der Waals surface area contributed by atoms with E-state index in [2.05, 4.69) is 6.92 Å². The van der Waals surface area contributed by atoms with Crippen LogP contribution in [0.25, 0.3) is 0 Å². The molecular weight excluding hydrogens is 131 g/mol. The molecule has 4 N–H and O–H groups in total. The second-order valence-corrected chi connectivity index (χ2v) is 3.46. The van der Waals surface area contributed by atoms with Gasteiger partial charge in [-0.25, -0.2) is 0 Å². The zero-order valence-electron chi connectivity index (χ0n) is 7.84. The van der Waals surface area contributed by atoms with Crippen molar-refractivity contribution in [3.05, 3.63) is 0 Å². The molecule has 2 unspecified atom stereocenters. The van der Waals surface area contributed by atoms with Crippen LogP contribution in [0.2, 0.25) is 0 Å². The predicted molar refractivity (Wildman–Crippen MR) is 50.5 cm³/mol. The minimum absolute atomic E-state index is 0.308. The summed E-state index contributed by atoms with van der Waals surface area (Å²) in [7, 11) is 0. The SMILES string of the molecule is [Li][CH](N)CCC(N)CCCC. The molecule has 0 saturated heterocycles. The van der Waals surface area contributed by atoms with Gasteiger partial charge in [0.25, 0.3) is 0 Å². The summed E-state index contributed by atoms with van der Waals surface area (Å²) in [5, 5.41) is 0. The molecule has 0 spiro atoms. The van der Waals surface area contributed by atoms with Crippen LogP contribution in [0, 0.1) is 0 Å². The standard InChI is InChI=1S/C8H19N2.Li/c1-2-3-5-8(10)6-4-7-9;/h7-8H,2-6,9-10H2,1H3;. The zero-order chi connectivity index (χ0) is 8.69. The van der Waals surface area contributed by atoms with Gasteiger partial charge in [0, 0.05) is 0 Å². The molecule has 0 aliphatic rings. The van der Waals surface area contributed by atoms with Gasteiger partial charge < -0.3 is 0 Å². The average molecular weight is 150 g/mol. The summed E-state index contributed by atoms with van der Waals surface area (Å²) in [4.78, 5) is 0. The van der Waals surface area contributed by atoms with Crippen molar-refractivity contribution in [1.29, 1.82) is 0 Å². The number of nitrogens with two attached hydrogens (primary N) is 2. The number of rotatable bonds is 6. The van der Waals surface area contributed by atoms with Gasteiger partial charge >= 0.3 is 79.0 Å². The van der Waals surface area contributed by atoms with Gasteiger partial charge in [-0.3, -0.25) is 0 Å². The van der Waals surface area contributed by atoms with Crippen LogP contribution in [0.3, 0.4) is 0 Å². The minimum atomic E-state index is 0.308. The Morgan fingerprint density at radius 1 is 1.18 bits per heavy atom. The third-order valence-electron chi connectivity index (χ3n) is 1.92. The van der Waals surface area contributed by atoms with Gasteiger partial charge in [-0.2, -0.15) is 0 Å². The number of hydrogen-bond acceptors (Lipinski definition) is 2. The first-order valence-corrected chi connectivity index (χ1v) is 4.68. The predicted octanol–water partition coefficient (Wildman–Crippen LogP) is 0.737. The van der Waals surface area contributed by atoms with E-state index < -0.39 is 0 Å². The number of hydrogen-bond donors (Lipinski definition) is 2. The van der Waals surface area contributed by atoms with Crippen molar-refractivity contribution in [3.8, 4) is 0 Å². The van der Waals surface area contributed by atoms with Crippen molar-refractivity contribution in [2.24, 2.45) is 11.5 Å². The van der Waals surface area contributed by atoms with E-state index in [0.29, 0.717) is 10.8 Å². The van der Waals surface area contributed by atoms with Gasteiger partial charge in [0.1, 0.15) is 0 Å². The van der Waals surface area contributed by atoms with Crippen molar-refractivity contribution < 1.29 is 0 Å². The Bertz CT molecular complexity index is 86.2. The fourth-order valence-corrected chi connectivity index (χ4v) is 1.09. The van der Waals surface area contributed by atoms with Gasteiger partial charge in [-0.1, -0.05) is 0 Å². The normalized spacial score (nSPS) is 16.5. The van der Waals surface area contributed by atoms with Crippen molar-refractivity contribution in [3.63, 3.8) is 0 Å². The molecule has 0 bridgehead atoms. The Morgan fingerprint density at radius 3 is 2.27 bits per heavy atom. The van der Waals surface area contributed by atoms with Crippen LogP contribution in [0.4, 0.5) is 0 Å². The first-order valence-electron chi connectivity index (χ1n) is 4.68. The van der Waals surface area contributed by atoms with Crippen LogP contribution in [0.15, 0.2) is 0 Å². The van der Waals surface area contributed by atoms with Crippen LogP contribution in [-0.2, 0) is 0 Å². The zero-order valence-corrected chi connectivity index (χ0v) is 7.84. The maximum atomic E-state index is 5.85.